The van der Waals surface area contributed by atoms with Crippen LogP contribution in [0, 0.1) is 5.92 Å². The zero-order valence-electron chi connectivity index (χ0n) is 8.07. The molecule has 0 aromatic rings. The summed E-state index contributed by atoms with van der Waals surface area (Å²) in [5.41, 5.74) is 0. The van der Waals surface area contributed by atoms with Gasteiger partial charge >= 0.3 is 0 Å². The first kappa shape index (κ1) is 11.3. The van der Waals surface area contributed by atoms with Crippen LogP contribution >= 0.6 is 11.6 Å². The molecule has 2 atom stereocenters. The SMILES string of the molecule is CCCC(C)CCC(Cl)CC. The fraction of sp³-hybridized carbons (Fsp3) is 1.00. The van der Waals surface area contributed by atoms with E-state index in [1.165, 1.54) is 25.7 Å². The maximum Gasteiger partial charge on any atom is 0.0333 e. The van der Waals surface area contributed by atoms with Gasteiger partial charge in [0.05, 0.1) is 0 Å². The molecule has 0 aliphatic rings. The monoisotopic (exact) mass is 176 g/mol. The van der Waals surface area contributed by atoms with Crippen molar-refractivity contribution in [2.24, 2.45) is 5.92 Å². The van der Waals surface area contributed by atoms with Gasteiger partial charge < -0.3 is 0 Å². The van der Waals surface area contributed by atoms with Crippen LogP contribution in [0.1, 0.15) is 52.9 Å². The van der Waals surface area contributed by atoms with Crippen molar-refractivity contribution in [2.45, 2.75) is 58.3 Å². The number of alkyl halides is 1. The highest BCUT2D eigenvalue weighted by atomic mass is 35.5. The van der Waals surface area contributed by atoms with Crippen LogP contribution < -0.4 is 0 Å². The molecule has 0 radical (unpaired) electrons. The van der Waals surface area contributed by atoms with Gasteiger partial charge in [-0.25, -0.2) is 0 Å². The fourth-order valence-corrected chi connectivity index (χ4v) is 1.43. The lowest BCUT2D eigenvalue weighted by molar-refractivity contribution is 0.461. The highest BCUT2D eigenvalue weighted by Gasteiger charge is 2.05. The third-order valence-electron chi connectivity index (χ3n) is 2.20. The smallest absolute Gasteiger partial charge is 0.0333 e. The average molecular weight is 177 g/mol. The van der Waals surface area contributed by atoms with Crippen molar-refractivity contribution in [1.29, 1.82) is 0 Å². The first-order chi connectivity index (χ1) is 5.20. The van der Waals surface area contributed by atoms with Crippen LogP contribution in [0.15, 0.2) is 0 Å². The van der Waals surface area contributed by atoms with E-state index in [0.717, 1.165) is 12.3 Å². The summed E-state index contributed by atoms with van der Waals surface area (Å²) < 4.78 is 0. The van der Waals surface area contributed by atoms with E-state index in [0.29, 0.717) is 5.38 Å². The normalized spacial score (nSPS) is 16.4. The molecule has 0 rings (SSSR count). The van der Waals surface area contributed by atoms with Crippen LogP contribution in [0.4, 0.5) is 0 Å². The van der Waals surface area contributed by atoms with Gasteiger partial charge in [-0.2, -0.15) is 0 Å². The fourth-order valence-electron chi connectivity index (χ4n) is 1.31. The molecule has 0 bridgehead atoms. The molecule has 0 spiro atoms. The molecule has 0 aliphatic heterocycles. The highest BCUT2D eigenvalue weighted by Crippen LogP contribution is 2.17. The third kappa shape index (κ3) is 6.68. The molecule has 68 valence electrons. The maximum atomic E-state index is 6.01. The Hall–Kier alpha value is 0.290. The summed E-state index contributed by atoms with van der Waals surface area (Å²) in [6, 6.07) is 0. The Balaban J connectivity index is 3.22. The quantitative estimate of drug-likeness (QED) is 0.532. The van der Waals surface area contributed by atoms with Crippen molar-refractivity contribution in [2.75, 3.05) is 0 Å². The van der Waals surface area contributed by atoms with E-state index in [9.17, 15) is 0 Å². The summed E-state index contributed by atoms with van der Waals surface area (Å²) in [5.74, 6) is 0.868. The van der Waals surface area contributed by atoms with E-state index < -0.39 is 0 Å². The highest BCUT2D eigenvalue weighted by molar-refractivity contribution is 6.20. The van der Waals surface area contributed by atoms with E-state index >= 15 is 0 Å². The van der Waals surface area contributed by atoms with Gasteiger partial charge in [-0.05, 0) is 25.2 Å². The molecular weight excluding hydrogens is 156 g/mol. The van der Waals surface area contributed by atoms with Gasteiger partial charge in [-0.1, -0.05) is 33.6 Å². The Morgan fingerprint density at radius 2 is 1.73 bits per heavy atom. The lowest BCUT2D eigenvalue weighted by Crippen LogP contribution is -2.01. The van der Waals surface area contributed by atoms with Crippen molar-refractivity contribution < 1.29 is 0 Å². The van der Waals surface area contributed by atoms with E-state index in [1.54, 1.807) is 0 Å². The number of hydrogen-bond donors (Lipinski definition) is 0. The predicted molar refractivity (Wildman–Crippen MR) is 53.2 cm³/mol. The first-order valence-electron chi connectivity index (χ1n) is 4.84. The van der Waals surface area contributed by atoms with Gasteiger partial charge in [0, 0.05) is 5.38 Å². The summed E-state index contributed by atoms with van der Waals surface area (Å²) in [6.45, 7) is 6.72. The Bertz CT molecular complexity index is 80.9. The zero-order chi connectivity index (χ0) is 8.69. The van der Waals surface area contributed by atoms with Crippen molar-refractivity contribution in [3.63, 3.8) is 0 Å². The predicted octanol–water partition coefficient (Wildman–Crippen LogP) is 4.22. The Kier molecular flexibility index (Phi) is 7.15. The summed E-state index contributed by atoms with van der Waals surface area (Å²) in [4.78, 5) is 0. The zero-order valence-corrected chi connectivity index (χ0v) is 8.82. The van der Waals surface area contributed by atoms with Crippen LogP contribution in [0.5, 0.6) is 0 Å². The molecule has 0 fully saturated rings. The van der Waals surface area contributed by atoms with Crippen LogP contribution in [0.3, 0.4) is 0 Å². The second-order valence-corrected chi connectivity index (χ2v) is 4.09. The van der Waals surface area contributed by atoms with Gasteiger partial charge in [-0.15, -0.1) is 11.6 Å². The second-order valence-electron chi connectivity index (χ2n) is 3.48. The van der Waals surface area contributed by atoms with E-state index in [1.807, 2.05) is 0 Å². The van der Waals surface area contributed by atoms with Crippen LogP contribution in [0.2, 0.25) is 0 Å². The minimum absolute atomic E-state index is 0.411. The van der Waals surface area contributed by atoms with Crippen molar-refractivity contribution in [1.82, 2.24) is 0 Å². The Labute approximate surface area is 76.3 Å². The molecule has 1 heteroatoms. The average Bonchev–Trinajstić information content (AvgIpc) is 2.01. The molecular formula is C10H21Cl. The minimum Gasteiger partial charge on any atom is -0.123 e. The Morgan fingerprint density at radius 1 is 1.09 bits per heavy atom. The first-order valence-corrected chi connectivity index (χ1v) is 5.28. The summed E-state index contributed by atoms with van der Waals surface area (Å²) in [5, 5.41) is 0.411. The molecule has 0 amide bonds. The lowest BCUT2D eigenvalue weighted by Gasteiger charge is -2.11. The Morgan fingerprint density at radius 3 is 2.18 bits per heavy atom. The lowest BCUT2D eigenvalue weighted by atomic mass is 9.99. The molecule has 0 N–H and O–H groups in total. The maximum absolute atomic E-state index is 6.01. The molecule has 0 nitrogen and oxygen atoms in total. The summed E-state index contributed by atoms with van der Waals surface area (Å²) in [6.07, 6.45) is 6.27. The van der Waals surface area contributed by atoms with Crippen molar-refractivity contribution >= 4 is 11.6 Å². The summed E-state index contributed by atoms with van der Waals surface area (Å²) in [7, 11) is 0. The molecule has 0 saturated carbocycles. The van der Waals surface area contributed by atoms with Gasteiger partial charge in [-0.3, -0.25) is 0 Å². The second kappa shape index (κ2) is 6.97. The van der Waals surface area contributed by atoms with Crippen LogP contribution in [-0.4, -0.2) is 5.38 Å². The summed E-state index contributed by atoms with van der Waals surface area (Å²) >= 11 is 6.01. The van der Waals surface area contributed by atoms with Crippen LogP contribution in [0.25, 0.3) is 0 Å². The van der Waals surface area contributed by atoms with Gasteiger partial charge in [0.1, 0.15) is 0 Å². The third-order valence-corrected chi connectivity index (χ3v) is 2.72. The molecule has 0 aromatic carbocycles. The van der Waals surface area contributed by atoms with Gasteiger partial charge in [0.15, 0.2) is 0 Å². The number of hydrogen-bond acceptors (Lipinski definition) is 0. The number of halogens is 1. The van der Waals surface area contributed by atoms with Crippen LogP contribution in [-0.2, 0) is 0 Å². The number of rotatable bonds is 6. The van der Waals surface area contributed by atoms with E-state index in [4.69, 9.17) is 11.6 Å². The van der Waals surface area contributed by atoms with E-state index in [-0.39, 0.29) is 0 Å². The molecule has 0 heterocycles. The van der Waals surface area contributed by atoms with Crippen molar-refractivity contribution in [3.05, 3.63) is 0 Å². The largest absolute Gasteiger partial charge is 0.123 e. The van der Waals surface area contributed by atoms with E-state index in [2.05, 4.69) is 20.8 Å². The molecule has 2 unspecified atom stereocenters. The molecule has 0 saturated heterocycles. The standard InChI is InChI=1S/C10H21Cl/c1-4-6-9(3)7-8-10(11)5-2/h9-10H,4-8H2,1-3H3. The van der Waals surface area contributed by atoms with Crippen molar-refractivity contribution in [3.8, 4) is 0 Å². The molecule has 0 aliphatic carbocycles. The minimum atomic E-state index is 0.411. The molecule has 11 heavy (non-hydrogen) atoms. The topological polar surface area (TPSA) is 0 Å². The molecule has 0 aromatic heterocycles. The van der Waals surface area contributed by atoms with Gasteiger partial charge in [0.2, 0.25) is 0 Å². The van der Waals surface area contributed by atoms with Gasteiger partial charge in [0.25, 0.3) is 0 Å².